The number of nitrogens with zero attached hydrogens (tertiary/aromatic N) is 3. The Kier molecular flexibility index (Phi) is 3.43. The number of nitrogens with two attached hydrogens (primary N) is 1. The van der Waals surface area contributed by atoms with Crippen molar-refractivity contribution in [1.82, 2.24) is 14.7 Å². The molecule has 2 rings (SSSR count). The second kappa shape index (κ2) is 4.72. The first kappa shape index (κ1) is 13.1. The van der Waals surface area contributed by atoms with Crippen LogP contribution >= 0.6 is 0 Å². The summed E-state index contributed by atoms with van der Waals surface area (Å²) in [5.41, 5.74) is 8.97. The van der Waals surface area contributed by atoms with Gasteiger partial charge in [0, 0.05) is 37.9 Å². The third-order valence-corrected chi connectivity index (χ3v) is 4.09. The summed E-state index contributed by atoms with van der Waals surface area (Å²) in [6.45, 7) is 8.78. The second-order valence-corrected chi connectivity index (χ2v) is 5.45. The molecule has 0 spiro atoms. The summed E-state index contributed by atoms with van der Waals surface area (Å²) >= 11 is 0. The predicted molar refractivity (Wildman–Crippen MR) is 69.8 cm³/mol. The van der Waals surface area contributed by atoms with E-state index in [1.54, 1.807) is 0 Å². The maximum absolute atomic E-state index is 11.3. The molecular weight excluding hydrogens is 228 g/mol. The van der Waals surface area contributed by atoms with E-state index in [9.17, 15) is 4.79 Å². The highest BCUT2D eigenvalue weighted by atomic mass is 16.1. The first-order chi connectivity index (χ1) is 8.40. The summed E-state index contributed by atoms with van der Waals surface area (Å²) in [4.78, 5) is 13.6. The van der Waals surface area contributed by atoms with Crippen molar-refractivity contribution in [2.45, 2.75) is 27.3 Å². The van der Waals surface area contributed by atoms with Crippen molar-refractivity contribution in [3.8, 4) is 0 Å². The van der Waals surface area contributed by atoms with Gasteiger partial charge in [-0.1, -0.05) is 6.92 Å². The quantitative estimate of drug-likeness (QED) is 0.854. The number of carbonyl (C=O) groups is 1. The summed E-state index contributed by atoms with van der Waals surface area (Å²) < 4.78 is 1.91. The number of rotatable bonds is 3. The number of hydrogen-bond acceptors (Lipinski definition) is 3. The molecule has 1 fully saturated rings. The van der Waals surface area contributed by atoms with E-state index in [4.69, 9.17) is 5.73 Å². The summed E-state index contributed by atoms with van der Waals surface area (Å²) in [6.07, 6.45) is 0. The van der Waals surface area contributed by atoms with Gasteiger partial charge in [-0.25, -0.2) is 0 Å². The van der Waals surface area contributed by atoms with Gasteiger partial charge in [-0.15, -0.1) is 0 Å². The molecule has 1 aromatic heterocycles. The van der Waals surface area contributed by atoms with Crippen LogP contribution in [-0.4, -0.2) is 33.7 Å². The molecule has 2 N–H and O–H groups in total. The van der Waals surface area contributed by atoms with E-state index in [1.165, 1.54) is 11.3 Å². The van der Waals surface area contributed by atoms with Crippen LogP contribution < -0.4 is 5.73 Å². The van der Waals surface area contributed by atoms with Crippen molar-refractivity contribution in [3.63, 3.8) is 0 Å². The van der Waals surface area contributed by atoms with Crippen LogP contribution in [0.5, 0.6) is 0 Å². The fourth-order valence-corrected chi connectivity index (χ4v) is 2.84. The number of aromatic nitrogens is 2. The Labute approximate surface area is 108 Å². The molecule has 2 heterocycles. The van der Waals surface area contributed by atoms with Gasteiger partial charge in [0.2, 0.25) is 5.91 Å². The summed E-state index contributed by atoms with van der Waals surface area (Å²) in [7, 11) is 1.96. The van der Waals surface area contributed by atoms with Crippen LogP contribution in [0.4, 0.5) is 0 Å². The number of aryl methyl sites for hydroxylation is 2. The first-order valence-corrected chi connectivity index (χ1v) is 6.41. The average molecular weight is 250 g/mol. The lowest BCUT2D eigenvalue weighted by Crippen LogP contribution is -2.29. The monoisotopic (exact) mass is 250 g/mol. The van der Waals surface area contributed by atoms with Crippen LogP contribution in [0.25, 0.3) is 0 Å². The van der Waals surface area contributed by atoms with E-state index in [0.29, 0.717) is 5.92 Å². The van der Waals surface area contributed by atoms with E-state index in [-0.39, 0.29) is 11.8 Å². The van der Waals surface area contributed by atoms with Gasteiger partial charge in [-0.05, 0) is 19.8 Å². The lowest BCUT2D eigenvalue weighted by molar-refractivity contribution is -0.122. The zero-order valence-electron chi connectivity index (χ0n) is 11.6. The second-order valence-electron chi connectivity index (χ2n) is 5.45. The lowest BCUT2D eigenvalue weighted by atomic mass is 9.98. The molecule has 1 aromatic rings. The Balaban J connectivity index is 2.10. The molecule has 1 amide bonds. The molecule has 0 radical (unpaired) electrons. The van der Waals surface area contributed by atoms with E-state index in [0.717, 1.165) is 25.3 Å². The molecule has 0 aromatic carbocycles. The van der Waals surface area contributed by atoms with Gasteiger partial charge in [0.1, 0.15) is 0 Å². The van der Waals surface area contributed by atoms with Crippen LogP contribution in [0.2, 0.25) is 0 Å². The van der Waals surface area contributed by atoms with Crippen molar-refractivity contribution >= 4 is 5.91 Å². The average Bonchev–Trinajstić information content (AvgIpc) is 2.75. The maximum Gasteiger partial charge on any atom is 0.222 e. The summed E-state index contributed by atoms with van der Waals surface area (Å²) in [5, 5.41) is 4.42. The van der Waals surface area contributed by atoms with Crippen molar-refractivity contribution in [3.05, 3.63) is 17.0 Å². The largest absolute Gasteiger partial charge is 0.369 e. The molecule has 100 valence electrons. The summed E-state index contributed by atoms with van der Waals surface area (Å²) in [5.74, 6) is 0.159. The van der Waals surface area contributed by atoms with Gasteiger partial charge in [-0.2, -0.15) is 5.10 Å². The SMILES string of the molecule is Cc1nn(C)c(C)c1CN1C[C@@H](C)[C@H](C(N)=O)C1. The van der Waals surface area contributed by atoms with Gasteiger partial charge in [0.15, 0.2) is 0 Å². The normalized spacial score (nSPS) is 24.7. The number of carbonyl (C=O) groups excluding carboxylic acids is 1. The molecule has 18 heavy (non-hydrogen) atoms. The van der Waals surface area contributed by atoms with Gasteiger partial charge >= 0.3 is 0 Å². The molecule has 5 heteroatoms. The molecule has 0 unspecified atom stereocenters. The zero-order valence-corrected chi connectivity index (χ0v) is 11.6. The van der Waals surface area contributed by atoms with Crippen LogP contribution in [-0.2, 0) is 18.4 Å². The highest BCUT2D eigenvalue weighted by molar-refractivity contribution is 5.77. The van der Waals surface area contributed by atoms with Crippen LogP contribution in [0.3, 0.4) is 0 Å². The Morgan fingerprint density at radius 3 is 2.56 bits per heavy atom. The van der Waals surface area contributed by atoms with Crippen LogP contribution in [0.15, 0.2) is 0 Å². The molecule has 5 nitrogen and oxygen atoms in total. The minimum absolute atomic E-state index is 0.0118. The minimum Gasteiger partial charge on any atom is -0.369 e. The van der Waals surface area contributed by atoms with Crippen molar-refractivity contribution in [1.29, 1.82) is 0 Å². The van der Waals surface area contributed by atoms with Crippen LogP contribution in [0.1, 0.15) is 23.9 Å². The van der Waals surface area contributed by atoms with E-state index in [2.05, 4.69) is 23.8 Å². The van der Waals surface area contributed by atoms with E-state index < -0.39 is 0 Å². The van der Waals surface area contributed by atoms with E-state index >= 15 is 0 Å². The van der Waals surface area contributed by atoms with Crippen LogP contribution in [0, 0.1) is 25.7 Å². The topological polar surface area (TPSA) is 64.2 Å². The Hall–Kier alpha value is -1.36. The highest BCUT2D eigenvalue weighted by Crippen LogP contribution is 2.25. The molecule has 2 atom stereocenters. The van der Waals surface area contributed by atoms with Gasteiger partial charge in [0.05, 0.1) is 11.6 Å². The number of amides is 1. The van der Waals surface area contributed by atoms with Gasteiger partial charge < -0.3 is 5.73 Å². The Morgan fingerprint density at radius 2 is 2.11 bits per heavy atom. The fraction of sp³-hybridized carbons (Fsp3) is 0.692. The molecule has 0 bridgehead atoms. The van der Waals surface area contributed by atoms with Crippen molar-refractivity contribution < 1.29 is 4.79 Å². The molecule has 0 saturated carbocycles. The molecular formula is C13H22N4O. The van der Waals surface area contributed by atoms with Crippen molar-refractivity contribution in [2.75, 3.05) is 13.1 Å². The number of likely N-dealkylation sites (tertiary alicyclic amines) is 1. The minimum atomic E-state index is -0.176. The van der Waals surface area contributed by atoms with Gasteiger partial charge in [-0.3, -0.25) is 14.4 Å². The highest BCUT2D eigenvalue weighted by Gasteiger charge is 2.33. The Bertz CT molecular complexity index is 466. The third kappa shape index (κ3) is 2.27. The standard InChI is InChI=1S/C13H22N4O/c1-8-5-17(6-11(8)13(14)18)7-12-9(2)15-16(4)10(12)3/h8,11H,5-7H2,1-4H3,(H2,14,18)/t8-,11-/m1/s1. The lowest BCUT2D eigenvalue weighted by Gasteiger charge is -2.15. The molecule has 1 aliphatic heterocycles. The Morgan fingerprint density at radius 1 is 1.44 bits per heavy atom. The summed E-state index contributed by atoms with van der Waals surface area (Å²) in [6, 6.07) is 0. The number of primary amides is 1. The third-order valence-electron chi connectivity index (χ3n) is 4.09. The smallest absolute Gasteiger partial charge is 0.222 e. The zero-order chi connectivity index (χ0) is 13.4. The van der Waals surface area contributed by atoms with E-state index in [1.807, 2.05) is 18.7 Å². The maximum atomic E-state index is 11.3. The fourth-order valence-electron chi connectivity index (χ4n) is 2.84. The first-order valence-electron chi connectivity index (χ1n) is 6.41. The van der Waals surface area contributed by atoms with Gasteiger partial charge in [0.25, 0.3) is 0 Å². The predicted octanol–water partition coefficient (Wildman–Crippen LogP) is 0.590. The molecule has 1 aliphatic rings. The molecule has 1 saturated heterocycles. The number of hydrogen-bond donors (Lipinski definition) is 1. The molecule has 0 aliphatic carbocycles. The van der Waals surface area contributed by atoms with Crippen molar-refractivity contribution in [2.24, 2.45) is 24.6 Å².